The number of allylic oxidation sites excluding steroid dienone is 1. The van der Waals surface area contributed by atoms with Crippen molar-refractivity contribution in [1.82, 2.24) is 4.57 Å². The monoisotopic (exact) mass is 636 g/mol. The van der Waals surface area contributed by atoms with Gasteiger partial charge in [0.25, 0.3) is 5.56 Å². The molecule has 4 rings (SSSR count). The SMILES string of the molecule is C=CCOc1ccc([C@@H]2C(C(=O)OCC)=C(C)N=c3s/c(=C/c4ccc(OCC(=O)OC)c(OCC)c4)c(=O)n32)cc1OCC. The summed E-state index contributed by atoms with van der Waals surface area (Å²) in [5.74, 6) is 0.656. The normalized spacial score (nSPS) is 14.2. The maximum absolute atomic E-state index is 14.1. The maximum atomic E-state index is 14.1. The Morgan fingerprint density at radius 3 is 2.31 bits per heavy atom. The van der Waals surface area contributed by atoms with E-state index in [0.29, 0.717) is 62.4 Å². The second-order valence-corrected chi connectivity index (χ2v) is 10.6. The van der Waals surface area contributed by atoms with Crippen LogP contribution in [0.5, 0.6) is 23.0 Å². The minimum absolute atomic E-state index is 0.160. The van der Waals surface area contributed by atoms with Crippen LogP contribution in [0.15, 0.2) is 70.1 Å². The number of hydrogen-bond donors (Lipinski definition) is 0. The molecule has 0 fully saturated rings. The number of fused-ring (bicyclic) bond motifs is 1. The lowest BCUT2D eigenvalue weighted by Gasteiger charge is -2.25. The molecular formula is C33H36N2O9S. The fourth-order valence-corrected chi connectivity index (χ4v) is 5.73. The van der Waals surface area contributed by atoms with Crippen LogP contribution >= 0.6 is 11.3 Å². The number of nitrogens with zero attached hydrogens (tertiary/aromatic N) is 2. The fourth-order valence-electron chi connectivity index (χ4n) is 4.69. The Hall–Kier alpha value is -4.84. The van der Waals surface area contributed by atoms with Crippen LogP contribution < -0.4 is 33.8 Å². The molecule has 0 saturated carbocycles. The molecule has 238 valence electrons. The number of thiazole rings is 1. The summed E-state index contributed by atoms with van der Waals surface area (Å²) in [6.07, 6.45) is 3.35. The Bertz CT molecular complexity index is 1790. The van der Waals surface area contributed by atoms with Crippen molar-refractivity contribution >= 4 is 29.4 Å². The Morgan fingerprint density at radius 1 is 0.956 bits per heavy atom. The third-order valence-electron chi connectivity index (χ3n) is 6.60. The van der Waals surface area contributed by atoms with E-state index in [0.717, 1.165) is 0 Å². The second kappa shape index (κ2) is 15.2. The van der Waals surface area contributed by atoms with Gasteiger partial charge in [0.1, 0.15) is 6.61 Å². The lowest BCUT2D eigenvalue weighted by Crippen LogP contribution is -2.40. The van der Waals surface area contributed by atoms with Crippen molar-refractivity contribution in [2.45, 2.75) is 33.7 Å². The molecule has 0 bridgehead atoms. The molecular weight excluding hydrogens is 600 g/mol. The van der Waals surface area contributed by atoms with Gasteiger partial charge < -0.3 is 28.4 Å². The minimum atomic E-state index is -0.830. The van der Waals surface area contributed by atoms with Crippen molar-refractivity contribution in [2.75, 3.05) is 40.1 Å². The van der Waals surface area contributed by atoms with E-state index in [9.17, 15) is 14.4 Å². The van der Waals surface area contributed by atoms with Crippen LogP contribution in [0.1, 0.15) is 44.9 Å². The number of carbonyl (C=O) groups excluding carboxylic acids is 2. The summed E-state index contributed by atoms with van der Waals surface area (Å²) in [5.41, 5.74) is 1.65. The highest BCUT2D eigenvalue weighted by molar-refractivity contribution is 7.07. The summed E-state index contributed by atoms with van der Waals surface area (Å²) in [4.78, 5) is 44.0. The van der Waals surface area contributed by atoms with Gasteiger partial charge in [-0.05, 0) is 69.2 Å². The zero-order valence-corrected chi connectivity index (χ0v) is 26.7. The summed E-state index contributed by atoms with van der Waals surface area (Å²) in [5, 5.41) is 0. The summed E-state index contributed by atoms with van der Waals surface area (Å²) >= 11 is 1.20. The molecule has 0 radical (unpaired) electrons. The van der Waals surface area contributed by atoms with Crippen LogP contribution in [-0.2, 0) is 19.1 Å². The summed E-state index contributed by atoms with van der Waals surface area (Å²) in [6.45, 7) is 11.7. The van der Waals surface area contributed by atoms with E-state index >= 15 is 0 Å². The van der Waals surface area contributed by atoms with Crippen LogP contribution in [-0.4, -0.2) is 56.6 Å². The average molecular weight is 637 g/mol. The Kier molecular flexibility index (Phi) is 11.2. The van der Waals surface area contributed by atoms with Crippen molar-refractivity contribution in [3.63, 3.8) is 0 Å². The predicted octanol–water partition coefficient (Wildman–Crippen LogP) is 3.71. The first kappa shape index (κ1) is 33.1. The predicted molar refractivity (Wildman–Crippen MR) is 169 cm³/mol. The van der Waals surface area contributed by atoms with Gasteiger partial charge >= 0.3 is 11.9 Å². The molecule has 1 aliphatic heterocycles. The van der Waals surface area contributed by atoms with Gasteiger partial charge in [0, 0.05) is 0 Å². The highest BCUT2D eigenvalue weighted by Crippen LogP contribution is 2.36. The van der Waals surface area contributed by atoms with Crippen molar-refractivity contribution in [1.29, 1.82) is 0 Å². The van der Waals surface area contributed by atoms with Gasteiger partial charge in [-0.1, -0.05) is 36.1 Å². The average Bonchev–Trinajstić information content (AvgIpc) is 3.33. The van der Waals surface area contributed by atoms with Gasteiger partial charge in [-0.15, -0.1) is 0 Å². The molecule has 0 aliphatic carbocycles. The van der Waals surface area contributed by atoms with E-state index in [4.69, 9.17) is 23.7 Å². The van der Waals surface area contributed by atoms with Crippen molar-refractivity contribution in [2.24, 2.45) is 4.99 Å². The molecule has 1 aliphatic rings. The van der Waals surface area contributed by atoms with Crippen molar-refractivity contribution in [3.8, 4) is 23.0 Å². The number of aromatic nitrogens is 1. The van der Waals surface area contributed by atoms with Gasteiger partial charge in [0.15, 0.2) is 34.4 Å². The smallest absolute Gasteiger partial charge is 0.343 e. The quantitative estimate of drug-likeness (QED) is 0.192. The van der Waals surface area contributed by atoms with Gasteiger partial charge in [-0.3, -0.25) is 9.36 Å². The fraction of sp³-hybridized carbons (Fsp3) is 0.333. The molecule has 0 unspecified atom stereocenters. The van der Waals surface area contributed by atoms with Gasteiger partial charge in [-0.2, -0.15) is 0 Å². The van der Waals surface area contributed by atoms with E-state index in [-0.39, 0.29) is 31.0 Å². The first-order chi connectivity index (χ1) is 21.8. The molecule has 0 saturated heterocycles. The standard InChI is InChI=1S/C33H36N2O9S/c1-7-15-43-23-14-12-22(18-26(23)41-9-3)30-29(32(38)42-10-4)20(5)34-33-35(30)31(37)27(45-33)17-21-11-13-24(25(16-21)40-8-2)44-19-28(36)39-6/h7,11-14,16-18,30H,1,8-10,15,19H2,2-6H3/b27-17+/t30-/m1/s1. The summed E-state index contributed by atoms with van der Waals surface area (Å²) in [7, 11) is 1.28. The van der Waals surface area contributed by atoms with Gasteiger partial charge in [-0.25, -0.2) is 14.6 Å². The number of benzene rings is 2. The van der Waals surface area contributed by atoms with E-state index < -0.39 is 18.0 Å². The number of hydrogen-bond acceptors (Lipinski definition) is 11. The second-order valence-electron chi connectivity index (χ2n) is 9.55. The highest BCUT2D eigenvalue weighted by atomic mass is 32.1. The highest BCUT2D eigenvalue weighted by Gasteiger charge is 2.34. The van der Waals surface area contributed by atoms with Crippen LogP contribution in [0, 0.1) is 0 Å². The van der Waals surface area contributed by atoms with E-state index in [1.807, 2.05) is 13.8 Å². The molecule has 2 aromatic carbocycles. The van der Waals surface area contributed by atoms with Crippen LogP contribution in [0.4, 0.5) is 0 Å². The van der Waals surface area contributed by atoms with Crippen molar-refractivity contribution in [3.05, 3.63) is 91.1 Å². The first-order valence-corrected chi connectivity index (χ1v) is 15.2. The van der Waals surface area contributed by atoms with E-state index in [2.05, 4.69) is 16.3 Å². The summed E-state index contributed by atoms with van der Waals surface area (Å²) < 4.78 is 34.9. The Labute approximate surface area is 264 Å². The van der Waals surface area contributed by atoms with Crippen molar-refractivity contribution < 1.29 is 38.0 Å². The number of methoxy groups -OCH3 is 1. The maximum Gasteiger partial charge on any atom is 0.343 e. The Balaban J connectivity index is 1.86. The largest absolute Gasteiger partial charge is 0.490 e. The number of ether oxygens (including phenoxy) is 6. The van der Waals surface area contributed by atoms with E-state index in [1.165, 1.54) is 23.0 Å². The molecule has 45 heavy (non-hydrogen) atoms. The zero-order valence-electron chi connectivity index (χ0n) is 25.9. The number of rotatable bonds is 14. The number of esters is 2. The molecule has 11 nitrogen and oxygen atoms in total. The molecule has 0 amide bonds. The molecule has 0 N–H and O–H groups in total. The lowest BCUT2D eigenvalue weighted by atomic mass is 9.95. The van der Waals surface area contributed by atoms with Crippen LogP contribution in [0.3, 0.4) is 0 Å². The Morgan fingerprint density at radius 2 is 1.64 bits per heavy atom. The first-order valence-electron chi connectivity index (χ1n) is 14.4. The zero-order chi connectivity index (χ0) is 32.5. The molecule has 0 spiro atoms. The minimum Gasteiger partial charge on any atom is -0.490 e. The van der Waals surface area contributed by atoms with Gasteiger partial charge in [0.2, 0.25) is 0 Å². The molecule has 1 aromatic heterocycles. The lowest BCUT2D eigenvalue weighted by molar-refractivity contribution is -0.143. The molecule has 2 heterocycles. The number of carbonyl (C=O) groups is 2. The molecule has 3 aromatic rings. The molecule has 12 heteroatoms. The molecule has 1 atom stereocenters. The van der Waals surface area contributed by atoms with E-state index in [1.54, 1.807) is 62.4 Å². The van der Waals surface area contributed by atoms with Gasteiger partial charge in [0.05, 0.1) is 48.8 Å². The summed E-state index contributed by atoms with van der Waals surface area (Å²) in [6, 6.07) is 9.60. The topological polar surface area (TPSA) is 124 Å². The van der Waals surface area contributed by atoms with Crippen LogP contribution in [0.2, 0.25) is 0 Å². The van der Waals surface area contributed by atoms with Crippen LogP contribution in [0.25, 0.3) is 6.08 Å². The third-order valence-corrected chi connectivity index (χ3v) is 7.58. The third kappa shape index (κ3) is 7.46.